The van der Waals surface area contributed by atoms with E-state index in [1.54, 1.807) is 25.3 Å². The van der Waals surface area contributed by atoms with Crippen LogP contribution in [0.3, 0.4) is 0 Å². The molecule has 0 saturated carbocycles. The maximum Gasteiger partial charge on any atom is 0.319 e. The predicted octanol–water partition coefficient (Wildman–Crippen LogP) is 2.67. The van der Waals surface area contributed by atoms with Gasteiger partial charge < -0.3 is 29.6 Å². The quantitative estimate of drug-likeness (QED) is 0.788. The standard InChI is InChI=1S/C18H20N2O5/c1-22-14-4-2-3-5-15(14)23-9-8-19-18(21)20-13-6-7-16-17(12-13)25-11-10-24-16/h2-7,12H,8-11H2,1H3,(H2,19,20,21). The Morgan fingerprint density at radius 1 is 1.08 bits per heavy atom. The first-order valence-electron chi connectivity index (χ1n) is 7.96. The predicted molar refractivity (Wildman–Crippen MR) is 92.9 cm³/mol. The fourth-order valence-corrected chi connectivity index (χ4v) is 2.36. The van der Waals surface area contributed by atoms with Gasteiger partial charge in [0.2, 0.25) is 0 Å². The summed E-state index contributed by atoms with van der Waals surface area (Å²) >= 11 is 0. The number of ether oxygens (including phenoxy) is 4. The van der Waals surface area contributed by atoms with Crippen molar-refractivity contribution in [2.45, 2.75) is 0 Å². The summed E-state index contributed by atoms with van der Waals surface area (Å²) in [5, 5.41) is 5.48. The molecule has 0 aliphatic carbocycles. The van der Waals surface area contributed by atoms with Gasteiger partial charge in [-0.3, -0.25) is 0 Å². The molecule has 0 atom stereocenters. The number of rotatable bonds is 6. The van der Waals surface area contributed by atoms with Crippen LogP contribution in [0.2, 0.25) is 0 Å². The summed E-state index contributed by atoms with van der Waals surface area (Å²) in [6.45, 7) is 1.72. The van der Waals surface area contributed by atoms with Crippen LogP contribution in [0.1, 0.15) is 0 Å². The average Bonchev–Trinajstić information content (AvgIpc) is 2.65. The van der Waals surface area contributed by atoms with Gasteiger partial charge in [-0.1, -0.05) is 12.1 Å². The highest BCUT2D eigenvalue weighted by molar-refractivity contribution is 5.89. The van der Waals surface area contributed by atoms with Crippen molar-refractivity contribution >= 4 is 11.7 Å². The molecule has 1 aliphatic heterocycles. The van der Waals surface area contributed by atoms with Crippen molar-refractivity contribution in [3.8, 4) is 23.0 Å². The molecule has 1 aliphatic rings. The second kappa shape index (κ2) is 8.14. The Morgan fingerprint density at radius 3 is 2.64 bits per heavy atom. The Balaban J connectivity index is 1.44. The van der Waals surface area contributed by atoms with Gasteiger partial charge in [0.15, 0.2) is 23.0 Å². The number of anilines is 1. The molecule has 0 unspecified atom stereocenters. The lowest BCUT2D eigenvalue weighted by Crippen LogP contribution is -2.32. The number of methoxy groups -OCH3 is 1. The molecule has 0 saturated heterocycles. The molecule has 2 N–H and O–H groups in total. The van der Waals surface area contributed by atoms with Crippen molar-refractivity contribution in [2.75, 3.05) is 38.8 Å². The summed E-state index contributed by atoms with van der Waals surface area (Å²) in [5.74, 6) is 2.60. The molecule has 0 spiro atoms. The van der Waals surface area contributed by atoms with E-state index in [0.717, 1.165) is 0 Å². The smallest absolute Gasteiger partial charge is 0.319 e. The summed E-state index contributed by atoms with van der Waals surface area (Å²) in [6, 6.07) is 12.3. The maximum atomic E-state index is 11.9. The van der Waals surface area contributed by atoms with Crippen LogP contribution in [0.5, 0.6) is 23.0 Å². The van der Waals surface area contributed by atoms with E-state index in [1.165, 1.54) is 0 Å². The first-order valence-corrected chi connectivity index (χ1v) is 7.96. The number of nitrogens with one attached hydrogen (secondary N) is 2. The fraction of sp³-hybridized carbons (Fsp3) is 0.278. The normalized spacial score (nSPS) is 12.2. The van der Waals surface area contributed by atoms with E-state index in [1.807, 2.05) is 24.3 Å². The number of hydrogen-bond acceptors (Lipinski definition) is 5. The van der Waals surface area contributed by atoms with E-state index in [2.05, 4.69) is 10.6 Å². The minimum Gasteiger partial charge on any atom is -0.493 e. The van der Waals surface area contributed by atoms with Gasteiger partial charge in [-0.25, -0.2) is 4.79 Å². The van der Waals surface area contributed by atoms with Crippen molar-refractivity contribution in [2.24, 2.45) is 0 Å². The molecule has 2 amide bonds. The number of carbonyl (C=O) groups excluding carboxylic acids is 1. The third-order valence-corrected chi connectivity index (χ3v) is 3.51. The highest BCUT2D eigenvalue weighted by Crippen LogP contribution is 2.32. The summed E-state index contributed by atoms with van der Waals surface area (Å²) in [6.07, 6.45) is 0. The van der Waals surface area contributed by atoms with Gasteiger partial charge in [-0.2, -0.15) is 0 Å². The van der Waals surface area contributed by atoms with Crippen molar-refractivity contribution in [1.29, 1.82) is 0 Å². The Kier molecular flexibility index (Phi) is 5.46. The SMILES string of the molecule is COc1ccccc1OCCNC(=O)Nc1ccc2c(c1)OCCO2. The maximum absolute atomic E-state index is 11.9. The fourth-order valence-electron chi connectivity index (χ4n) is 2.36. The summed E-state index contributed by atoms with van der Waals surface area (Å²) in [7, 11) is 1.58. The van der Waals surface area contributed by atoms with Crippen LogP contribution in [0.4, 0.5) is 10.5 Å². The van der Waals surface area contributed by atoms with Crippen molar-refractivity contribution < 1.29 is 23.7 Å². The number of fused-ring (bicyclic) bond motifs is 1. The molecule has 1 heterocycles. The minimum atomic E-state index is -0.319. The highest BCUT2D eigenvalue weighted by atomic mass is 16.6. The van der Waals surface area contributed by atoms with Gasteiger partial charge in [-0.05, 0) is 24.3 Å². The third-order valence-electron chi connectivity index (χ3n) is 3.51. The van der Waals surface area contributed by atoms with Crippen LogP contribution in [0.25, 0.3) is 0 Å². The van der Waals surface area contributed by atoms with Gasteiger partial charge in [0, 0.05) is 11.8 Å². The van der Waals surface area contributed by atoms with E-state index in [4.69, 9.17) is 18.9 Å². The summed E-state index contributed by atoms with van der Waals surface area (Å²) in [5.41, 5.74) is 0.632. The third kappa shape index (κ3) is 4.47. The molecule has 25 heavy (non-hydrogen) atoms. The van der Waals surface area contributed by atoms with Crippen LogP contribution < -0.4 is 29.6 Å². The largest absolute Gasteiger partial charge is 0.493 e. The number of benzene rings is 2. The highest BCUT2D eigenvalue weighted by Gasteiger charge is 2.12. The zero-order valence-electron chi connectivity index (χ0n) is 13.9. The van der Waals surface area contributed by atoms with Crippen LogP contribution in [0, 0.1) is 0 Å². The number of para-hydroxylation sites is 2. The summed E-state index contributed by atoms with van der Waals surface area (Å²) < 4.78 is 21.7. The lowest BCUT2D eigenvalue weighted by atomic mass is 10.2. The van der Waals surface area contributed by atoms with Crippen LogP contribution >= 0.6 is 0 Å². The first kappa shape index (κ1) is 16.8. The van der Waals surface area contributed by atoms with E-state index in [-0.39, 0.29) is 6.03 Å². The molecule has 7 heteroatoms. The van der Waals surface area contributed by atoms with E-state index in [9.17, 15) is 4.79 Å². The van der Waals surface area contributed by atoms with Crippen LogP contribution in [-0.2, 0) is 0 Å². The summed E-state index contributed by atoms with van der Waals surface area (Å²) in [4.78, 5) is 11.9. The molecule has 7 nitrogen and oxygen atoms in total. The molecule has 2 aromatic carbocycles. The first-order chi connectivity index (χ1) is 12.3. The van der Waals surface area contributed by atoms with E-state index >= 15 is 0 Å². The molecule has 0 fully saturated rings. The number of carbonyl (C=O) groups is 1. The number of hydrogen-bond donors (Lipinski definition) is 2. The van der Waals surface area contributed by atoms with Crippen LogP contribution in [-0.4, -0.2) is 39.5 Å². The van der Waals surface area contributed by atoms with Crippen LogP contribution in [0.15, 0.2) is 42.5 Å². The van der Waals surface area contributed by atoms with E-state index < -0.39 is 0 Å². The molecular formula is C18H20N2O5. The Morgan fingerprint density at radius 2 is 1.84 bits per heavy atom. The Hall–Kier alpha value is -3.09. The second-order valence-electron chi connectivity index (χ2n) is 5.24. The zero-order valence-corrected chi connectivity index (χ0v) is 13.9. The van der Waals surface area contributed by atoms with Gasteiger partial charge in [0.05, 0.1) is 13.7 Å². The van der Waals surface area contributed by atoms with Gasteiger partial charge in [-0.15, -0.1) is 0 Å². The van der Waals surface area contributed by atoms with Crippen molar-refractivity contribution in [3.63, 3.8) is 0 Å². The molecule has 2 aromatic rings. The van der Waals surface area contributed by atoms with Gasteiger partial charge >= 0.3 is 6.03 Å². The molecule has 0 bridgehead atoms. The number of amides is 2. The van der Waals surface area contributed by atoms with Gasteiger partial charge in [0.25, 0.3) is 0 Å². The molecule has 0 aromatic heterocycles. The Bertz CT molecular complexity index is 735. The zero-order chi connectivity index (χ0) is 17.5. The second-order valence-corrected chi connectivity index (χ2v) is 5.24. The molecule has 132 valence electrons. The lowest BCUT2D eigenvalue weighted by Gasteiger charge is -2.19. The monoisotopic (exact) mass is 344 g/mol. The van der Waals surface area contributed by atoms with Crippen molar-refractivity contribution in [3.05, 3.63) is 42.5 Å². The average molecular weight is 344 g/mol. The Labute approximate surface area is 145 Å². The minimum absolute atomic E-state index is 0.319. The topological polar surface area (TPSA) is 78.1 Å². The van der Waals surface area contributed by atoms with Crippen molar-refractivity contribution in [1.82, 2.24) is 5.32 Å². The molecule has 3 rings (SSSR count). The lowest BCUT2D eigenvalue weighted by molar-refractivity contribution is 0.171. The molecule has 0 radical (unpaired) electrons. The number of urea groups is 1. The van der Waals surface area contributed by atoms with Gasteiger partial charge in [0.1, 0.15) is 19.8 Å². The van der Waals surface area contributed by atoms with E-state index in [0.29, 0.717) is 55.1 Å². The molecular weight excluding hydrogens is 324 g/mol.